The number of nitrogens with zero attached hydrogens (tertiary/aromatic N) is 1. The molecule has 1 atom stereocenters. The molecule has 1 aromatic rings. The third-order valence-corrected chi connectivity index (χ3v) is 4.28. The van der Waals surface area contributed by atoms with Crippen LogP contribution < -0.4 is 5.73 Å². The summed E-state index contributed by atoms with van der Waals surface area (Å²) in [7, 11) is 0. The van der Waals surface area contributed by atoms with Gasteiger partial charge >= 0.3 is 0 Å². The number of thiocarbonyl (C=S) groups is 1. The molecule has 1 amide bonds. The Hall–Kier alpha value is -1.01. The first kappa shape index (κ1) is 14.4. The summed E-state index contributed by atoms with van der Waals surface area (Å²) >= 11 is 8.20. The normalized spacial score (nSPS) is 19.3. The van der Waals surface area contributed by atoms with Gasteiger partial charge in [0.1, 0.15) is 5.82 Å². The molecule has 1 aliphatic heterocycles. The van der Waals surface area contributed by atoms with Crippen LogP contribution in [0.25, 0.3) is 0 Å². The van der Waals surface area contributed by atoms with Crippen LogP contribution >= 0.6 is 28.1 Å². The molecule has 0 aliphatic carbocycles. The Morgan fingerprint density at radius 2 is 2.26 bits per heavy atom. The van der Waals surface area contributed by atoms with Crippen LogP contribution in [-0.4, -0.2) is 28.9 Å². The molecule has 0 spiro atoms. The van der Waals surface area contributed by atoms with E-state index in [1.807, 2.05) is 0 Å². The number of hydrogen-bond donors (Lipinski definition) is 1. The maximum absolute atomic E-state index is 13.8. The van der Waals surface area contributed by atoms with Crippen LogP contribution in [0.1, 0.15) is 23.2 Å². The first-order chi connectivity index (χ1) is 9.00. The lowest BCUT2D eigenvalue weighted by atomic mass is 9.97. The molecule has 1 aliphatic rings. The number of hydrogen-bond acceptors (Lipinski definition) is 2. The Morgan fingerprint density at radius 3 is 2.89 bits per heavy atom. The minimum Gasteiger partial charge on any atom is -0.393 e. The van der Waals surface area contributed by atoms with E-state index < -0.39 is 5.82 Å². The topological polar surface area (TPSA) is 46.3 Å². The molecule has 1 heterocycles. The molecule has 2 N–H and O–H groups in total. The van der Waals surface area contributed by atoms with Crippen LogP contribution in [0.2, 0.25) is 0 Å². The van der Waals surface area contributed by atoms with Crippen molar-refractivity contribution in [3.05, 3.63) is 34.1 Å². The summed E-state index contributed by atoms with van der Waals surface area (Å²) in [6.07, 6.45) is 1.72. The van der Waals surface area contributed by atoms with Crippen molar-refractivity contribution in [3.8, 4) is 0 Å². The number of amides is 1. The van der Waals surface area contributed by atoms with Crippen LogP contribution in [0.3, 0.4) is 0 Å². The Kier molecular flexibility index (Phi) is 4.52. The number of piperidine rings is 1. The van der Waals surface area contributed by atoms with E-state index in [4.69, 9.17) is 18.0 Å². The van der Waals surface area contributed by atoms with Crippen LogP contribution in [0, 0.1) is 11.7 Å². The number of carbonyl (C=O) groups excluding carboxylic acids is 1. The van der Waals surface area contributed by atoms with Gasteiger partial charge in [0, 0.05) is 23.5 Å². The lowest BCUT2D eigenvalue weighted by Gasteiger charge is -2.32. The maximum Gasteiger partial charge on any atom is 0.258 e. The maximum atomic E-state index is 13.8. The first-order valence-corrected chi connectivity index (χ1v) is 7.23. The summed E-state index contributed by atoms with van der Waals surface area (Å²) < 4.78 is 14.3. The van der Waals surface area contributed by atoms with Crippen LogP contribution in [0.4, 0.5) is 4.39 Å². The zero-order valence-corrected chi connectivity index (χ0v) is 12.6. The molecule has 1 saturated heterocycles. The van der Waals surface area contributed by atoms with Crippen LogP contribution in [-0.2, 0) is 0 Å². The highest BCUT2D eigenvalue weighted by atomic mass is 79.9. The van der Waals surface area contributed by atoms with Crippen molar-refractivity contribution in [3.63, 3.8) is 0 Å². The lowest BCUT2D eigenvalue weighted by molar-refractivity contribution is 0.0698. The van der Waals surface area contributed by atoms with E-state index in [0.29, 0.717) is 22.6 Å². The third-order valence-electron chi connectivity index (χ3n) is 3.29. The van der Waals surface area contributed by atoms with E-state index in [1.54, 1.807) is 17.0 Å². The summed E-state index contributed by atoms with van der Waals surface area (Å²) in [5.41, 5.74) is 5.71. The molecule has 1 aromatic carbocycles. The number of carbonyl (C=O) groups is 1. The molecular formula is C13H14BrFN2OS. The average Bonchev–Trinajstić information content (AvgIpc) is 2.38. The first-order valence-electron chi connectivity index (χ1n) is 6.03. The molecule has 2 rings (SSSR count). The fourth-order valence-corrected chi connectivity index (χ4v) is 2.96. The van der Waals surface area contributed by atoms with Crippen molar-refractivity contribution < 1.29 is 9.18 Å². The lowest BCUT2D eigenvalue weighted by Crippen LogP contribution is -2.43. The number of benzene rings is 1. The SMILES string of the molecule is NC(=S)C1CCCN(C(=O)c2c(F)cccc2Br)C1. The Labute approximate surface area is 125 Å². The highest BCUT2D eigenvalue weighted by Gasteiger charge is 2.28. The zero-order chi connectivity index (χ0) is 14.0. The van der Waals surface area contributed by atoms with Gasteiger partial charge < -0.3 is 10.6 Å². The van der Waals surface area contributed by atoms with Gasteiger partial charge in [0.2, 0.25) is 0 Å². The van der Waals surface area contributed by atoms with E-state index in [1.165, 1.54) is 6.07 Å². The summed E-state index contributed by atoms with van der Waals surface area (Å²) in [6, 6.07) is 4.50. The largest absolute Gasteiger partial charge is 0.393 e. The number of likely N-dealkylation sites (tertiary alicyclic amines) is 1. The molecule has 102 valence electrons. The van der Waals surface area contributed by atoms with Gasteiger partial charge in [-0.2, -0.15) is 0 Å². The van der Waals surface area contributed by atoms with Crippen LogP contribution in [0.5, 0.6) is 0 Å². The molecule has 3 nitrogen and oxygen atoms in total. The minimum atomic E-state index is -0.517. The standard InChI is InChI=1S/C13H14BrFN2OS/c14-9-4-1-5-10(15)11(9)13(18)17-6-2-3-8(7-17)12(16)19/h1,4-5,8H,2-3,6-7H2,(H2,16,19). The summed E-state index contributed by atoms with van der Waals surface area (Å²) in [6.45, 7) is 1.08. The molecule has 0 bridgehead atoms. The number of nitrogens with two attached hydrogens (primary N) is 1. The second-order valence-electron chi connectivity index (χ2n) is 4.59. The molecule has 0 saturated carbocycles. The number of halogens is 2. The van der Waals surface area contributed by atoms with Crippen molar-refractivity contribution in [1.82, 2.24) is 4.90 Å². The van der Waals surface area contributed by atoms with Gasteiger partial charge in [0.15, 0.2) is 0 Å². The van der Waals surface area contributed by atoms with Gasteiger partial charge in [0.25, 0.3) is 5.91 Å². The van der Waals surface area contributed by atoms with Crippen molar-refractivity contribution >= 4 is 39.0 Å². The van der Waals surface area contributed by atoms with Crippen molar-refractivity contribution in [1.29, 1.82) is 0 Å². The van der Waals surface area contributed by atoms with Gasteiger partial charge in [-0.25, -0.2) is 4.39 Å². The summed E-state index contributed by atoms with van der Waals surface area (Å²) in [4.78, 5) is 14.4. The Bertz CT molecular complexity index is 503. The molecule has 0 radical (unpaired) electrons. The van der Waals surface area contributed by atoms with Gasteiger partial charge in [-0.3, -0.25) is 4.79 Å². The highest BCUT2D eigenvalue weighted by molar-refractivity contribution is 9.10. The van der Waals surface area contributed by atoms with Crippen molar-refractivity contribution in [2.24, 2.45) is 11.7 Å². The third kappa shape index (κ3) is 3.12. The zero-order valence-electron chi connectivity index (χ0n) is 10.2. The number of rotatable bonds is 2. The molecular weight excluding hydrogens is 331 g/mol. The van der Waals surface area contributed by atoms with Crippen molar-refractivity contribution in [2.75, 3.05) is 13.1 Å². The minimum absolute atomic E-state index is 0.0262. The van der Waals surface area contributed by atoms with E-state index in [2.05, 4.69) is 15.9 Å². The van der Waals surface area contributed by atoms with Gasteiger partial charge in [-0.15, -0.1) is 0 Å². The summed E-state index contributed by atoms with van der Waals surface area (Å²) in [5, 5.41) is 0. The van der Waals surface area contributed by atoms with Gasteiger partial charge in [-0.05, 0) is 40.9 Å². The fraction of sp³-hybridized carbons (Fsp3) is 0.385. The predicted octanol–water partition coefficient (Wildman–Crippen LogP) is 2.73. The molecule has 0 aromatic heterocycles. The Balaban J connectivity index is 2.22. The second kappa shape index (κ2) is 5.96. The molecule has 1 unspecified atom stereocenters. The van der Waals surface area contributed by atoms with Crippen LogP contribution in [0.15, 0.2) is 22.7 Å². The van der Waals surface area contributed by atoms with Gasteiger partial charge in [-0.1, -0.05) is 18.3 Å². The van der Waals surface area contributed by atoms with E-state index in [0.717, 1.165) is 12.8 Å². The highest BCUT2D eigenvalue weighted by Crippen LogP contribution is 2.24. The average molecular weight is 345 g/mol. The fourth-order valence-electron chi connectivity index (χ4n) is 2.25. The smallest absolute Gasteiger partial charge is 0.258 e. The van der Waals surface area contributed by atoms with Crippen molar-refractivity contribution in [2.45, 2.75) is 12.8 Å². The molecule has 19 heavy (non-hydrogen) atoms. The summed E-state index contributed by atoms with van der Waals surface area (Å²) in [5.74, 6) is -0.805. The Morgan fingerprint density at radius 1 is 1.53 bits per heavy atom. The second-order valence-corrected chi connectivity index (χ2v) is 5.92. The monoisotopic (exact) mass is 344 g/mol. The predicted molar refractivity (Wildman–Crippen MR) is 79.5 cm³/mol. The van der Waals surface area contributed by atoms with E-state index >= 15 is 0 Å². The quantitative estimate of drug-likeness (QED) is 0.839. The molecule has 1 fully saturated rings. The van der Waals surface area contributed by atoms with E-state index in [9.17, 15) is 9.18 Å². The van der Waals surface area contributed by atoms with E-state index in [-0.39, 0.29) is 17.4 Å². The molecule has 6 heteroatoms. The van der Waals surface area contributed by atoms with Gasteiger partial charge in [0.05, 0.1) is 10.6 Å².